The minimum atomic E-state index is -0.809. The van der Waals surface area contributed by atoms with Crippen molar-refractivity contribution in [3.63, 3.8) is 0 Å². The van der Waals surface area contributed by atoms with Gasteiger partial charge in [-0.05, 0) is 67.6 Å². The molecule has 4 atom stereocenters. The van der Waals surface area contributed by atoms with Gasteiger partial charge >= 0.3 is 6.09 Å². The summed E-state index contributed by atoms with van der Waals surface area (Å²) in [4.78, 5) is 23.5. The van der Waals surface area contributed by atoms with Gasteiger partial charge in [0.2, 0.25) is 0 Å². The van der Waals surface area contributed by atoms with Crippen molar-refractivity contribution >= 4 is 24.0 Å². The van der Waals surface area contributed by atoms with E-state index < -0.39 is 24.1 Å². The largest absolute Gasteiger partial charge is 0.453 e. The molecule has 3 rings (SSSR count). The van der Waals surface area contributed by atoms with Crippen molar-refractivity contribution in [2.75, 3.05) is 47.1 Å². The van der Waals surface area contributed by atoms with E-state index in [0.29, 0.717) is 28.6 Å². The highest BCUT2D eigenvalue weighted by Crippen LogP contribution is 2.31. The Morgan fingerprint density at radius 3 is 2.79 bits per heavy atom. The lowest BCUT2D eigenvalue weighted by Crippen LogP contribution is -2.40. The number of amides is 1. The number of likely N-dealkylation sites (N-methyl/N-ethyl adjacent to an activating group) is 1. The van der Waals surface area contributed by atoms with Gasteiger partial charge in [-0.15, -0.1) is 0 Å². The quantitative estimate of drug-likeness (QED) is 0.240. The first-order chi connectivity index (χ1) is 18.4. The molecule has 1 aliphatic rings. The van der Waals surface area contributed by atoms with Gasteiger partial charge < -0.3 is 35.0 Å². The Labute approximate surface area is 228 Å². The van der Waals surface area contributed by atoms with Gasteiger partial charge in [-0.25, -0.2) is 9.18 Å². The van der Waals surface area contributed by atoms with E-state index >= 15 is 4.39 Å². The topological polar surface area (TPSA) is 97.9 Å². The summed E-state index contributed by atoms with van der Waals surface area (Å²) in [5.41, 5.74) is 1.53. The molecule has 8 nitrogen and oxygen atoms in total. The number of hydrogen-bond donors (Lipinski definition) is 3. The maximum Gasteiger partial charge on any atom is 0.406 e. The van der Waals surface area contributed by atoms with Crippen LogP contribution in [0.2, 0.25) is 5.02 Å². The first-order valence-corrected chi connectivity index (χ1v) is 13.2. The number of ether oxygens (including phenoxy) is 3. The van der Waals surface area contributed by atoms with Gasteiger partial charge in [-0.2, -0.15) is 0 Å². The van der Waals surface area contributed by atoms with Gasteiger partial charge in [0.1, 0.15) is 18.2 Å². The highest BCUT2D eigenvalue weighted by molar-refractivity contribution is 6.30. The van der Waals surface area contributed by atoms with Crippen LogP contribution in [0.5, 0.6) is 0 Å². The number of nitrogens with one attached hydrogen (secondary N) is 3. The van der Waals surface area contributed by atoms with Crippen molar-refractivity contribution in [1.29, 1.82) is 0 Å². The molecule has 208 valence electrons. The fraction of sp³-hybridized carbons (Fsp3) is 0.500. The zero-order valence-corrected chi connectivity index (χ0v) is 22.6. The predicted octanol–water partition coefficient (Wildman–Crippen LogP) is 4.18. The maximum atomic E-state index is 15.2. The average Bonchev–Trinajstić information content (AvgIpc) is 2.94. The van der Waals surface area contributed by atoms with E-state index in [9.17, 15) is 9.59 Å². The molecule has 1 aliphatic heterocycles. The predicted molar refractivity (Wildman–Crippen MR) is 144 cm³/mol. The highest BCUT2D eigenvalue weighted by atomic mass is 35.5. The summed E-state index contributed by atoms with van der Waals surface area (Å²) >= 11 is 6.20. The van der Waals surface area contributed by atoms with E-state index in [-0.39, 0.29) is 24.8 Å². The maximum absolute atomic E-state index is 15.2. The second-order valence-corrected chi connectivity index (χ2v) is 9.77. The average molecular weight is 550 g/mol. The van der Waals surface area contributed by atoms with E-state index in [2.05, 4.69) is 20.7 Å². The van der Waals surface area contributed by atoms with E-state index in [1.165, 1.54) is 13.2 Å². The molecular weight excluding hydrogens is 513 g/mol. The number of benzene rings is 2. The molecule has 2 aromatic carbocycles. The fourth-order valence-corrected chi connectivity index (χ4v) is 4.81. The van der Waals surface area contributed by atoms with Crippen LogP contribution in [0.1, 0.15) is 48.1 Å². The van der Waals surface area contributed by atoms with Crippen LogP contribution in [-0.2, 0) is 19.0 Å². The summed E-state index contributed by atoms with van der Waals surface area (Å²) in [5, 5.41) is 9.66. The molecule has 38 heavy (non-hydrogen) atoms. The number of carbonyl (C=O) groups is 2. The van der Waals surface area contributed by atoms with Crippen LogP contribution in [0.4, 0.5) is 9.18 Å². The third-order valence-corrected chi connectivity index (χ3v) is 6.89. The van der Waals surface area contributed by atoms with Crippen molar-refractivity contribution in [3.8, 4) is 0 Å². The second kappa shape index (κ2) is 15.8. The molecule has 1 fully saturated rings. The molecule has 2 aromatic rings. The van der Waals surface area contributed by atoms with Crippen LogP contribution < -0.4 is 16.0 Å². The number of aldehydes is 1. The SMILES string of the molecule is CNC(CNC(C=O)c1ccc(F)c([C@@H](OCCNC(=O)OC)c2cccc(Cl)c2)c1)CC1CCCOC1. The summed E-state index contributed by atoms with van der Waals surface area (Å²) in [6.07, 6.45) is 2.57. The molecule has 1 amide bonds. The Kier molecular flexibility index (Phi) is 12.4. The number of methoxy groups -OCH3 is 1. The lowest BCUT2D eigenvalue weighted by Gasteiger charge is -2.27. The van der Waals surface area contributed by atoms with E-state index in [1.54, 1.807) is 36.4 Å². The van der Waals surface area contributed by atoms with Crippen LogP contribution in [-0.4, -0.2) is 65.5 Å². The van der Waals surface area contributed by atoms with Crippen LogP contribution in [0.3, 0.4) is 0 Å². The number of halogens is 2. The van der Waals surface area contributed by atoms with Crippen LogP contribution >= 0.6 is 11.6 Å². The zero-order valence-electron chi connectivity index (χ0n) is 21.9. The second-order valence-electron chi connectivity index (χ2n) is 9.33. The molecule has 1 saturated heterocycles. The lowest BCUT2D eigenvalue weighted by atomic mass is 9.94. The van der Waals surface area contributed by atoms with E-state index in [0.717, 1.165) is 38.8 Å². The molecule has 3 unspecified atom stereocenters. The van der Waals surface area contributed by atoms with Crippen molar-refractivity contribution in [2.24, 2.45) is 5.92 Å². The highest BCUT2D eigenvalue weighted by Gasteiger charge is 2.23. The Morgan fingerprint density at radius 1 is 1.26 bits per heavy atom. The van der Waals surface area contributed by atoms with Crippen molar-refractivity contribution < 1.29 is 28.2 Å². The third kappa shape index (κ3) is 9.03. The lowest BCUT2D eigenvalue weighted by molar-refractivity contribution is -0.109. The molecular formula is C28H37ClFN3O5. The number of rotatable bonds is 14. The summed E-state index contributed by atoms with van der Waals surface area (Å²) in [5.74, 6) is 0.00841. The fourth-order valence-electron chi connectivity index (χ4n) is 4.61. The molecule has 0 bridgehead atoms. The van der Waals surface area contributed by atoms with Crippen LogP contribution in [0, 0.1) is 11.7 Å². The van der Waals surface area contributed by atoms with Gasteiger partial charge in [-0.3, -0.25) is 0 Å². The van der Waals surface area contributed by atoms with Gasteiger partial charge in [0.05, 0.1) is 19.8 Å². The molecule has 0 aliphatic carbocycles. The minimum Gasteiger partial charge on any atom is -0.453 e. The van der Waals surface area contributed by atoms with Crippen molar-refractivity contribution in [2.45, 2.75) is 37.5 Å². The summed E-state index contributed by atoms with van der Waals surface area (Å²) in [6.45, 7) is 2.41. The van der Waals surface area contributed by atoms with Gasteiger partial charge in [0, 0.05) is 42.9 Å². The first-order valence-electron chi connectivity index (χ1n) is 12.9. The summed E-state index contributed by atoms with van der Waals surface area (Å²) in [7, 11) is 3.18. The zero-order chi connectivity index (χ0) is 27.3. The van der Waals surface area contributed by atoms with Gasteiger partial charge in [0.15, 0.2) is 0 Å². The van der Waals surface area contributed by atoms with Gasteiger partial charge in [-0.1, -0.05) is 29.8 Å². The van der Waals surface area contributed by atoms with Crippen molar-refractivity contribution in [3.05, 3.63) is 70.0 Å². The Balaban J connectivity index is 1.76. The molecule has 1 heterocycles. The Bertz CT molecular complexity index is 1040. The molecule has 0 aromatic heterocycles. The van der Waals surface area contributed by atoms with E-state index in [4.69, 9.17) is 21.1 Å². The monoisotopic (exact) mass is 549 g/mol. The van der Waals surface area contributed by atoms with Gasteiger partial charge in [0.25, 0.3) is 0 Å². The van der Waals surface area contributed by atoms with Crippen molar-refractivity contribution in [1.82, 2.24) is 16.0 Å². The van der Waals surface area contributed by atoms with Crippen LogP contribution in [0.25, 0.3) is 0 Å². The molecule has 10 heteroatoms. The number of hydrogen-bond acceptors (Lipinski definition) is 7. The molecule has 0 radical (unpaired) electrons. The smallest absolute Gasteiger partial charge is 0.406 e. The third-order valence-electron chi connectivity index (χ3n) is 6.66. The normalized spacial score (nSPS) is 17.8. The molecule has 0 spiro atoms. The first kappa shape index (κ1) is 30.0. The van der Waals surface area contributed by atoms with E-state index in [1.807, 2.05) is 7.05 Å². The number of carbonyl (C=O) groups excluding carboxylic acids is 2. The summed E-state index contributed by atoms with van der Waals surface area (Å²) in [6, 6.07) is 11.1. The standard InChI is InChI=1S/C28H37ClFN3O5/c1-31-23(13-19-5-4-11-37-18-19)16-33-26(17-34)20-8-9-25(30)24(15-20)27(21-6-3-7-22(29)14-21)38-12-10-32-28(35)36-2/h3,6-9,14-15,17,19,23,26-27,31,33H,4-5,10-13,16,18H2,1-2H3,(H,32,35)/t19?,23?,26?,27-/m0/s1. The Morgan fingerprint density at radius 2 is 2.11 bits per heavy atom. The Hall–Kier alpha value is -2.56. The number of alkyl carbamates (subject to hydrolysis) is 1. The minimum absolute atomic E-state index is 0.0973. The summed E-state index contributed by atoms with van der Waals surface area (Å²) < 4.78 is 31.3. The van der Waals surface area contributed by atoms with Crippen LogP contribution in [0.15, 0.2) is 42.5 Å². The molecule has 3 N–H and O–H groups in total. The molecule has 0 saturated carbocycles.